The zero-order chi connectivity index (χ0) is 20.5. The number of amides is 2. The van der Waals surface area contributed by atoms with Crippen molar-refractivity contribution in [3.8, 4) is 17.0 Å². The van der Waals surface area contributed by atoms with E-state index in [9.17, 15) is 14.0 Å². The van der Waals surface area contributed by atoms with Crippen LogP contribution in [0.5, 0.6) is 5.75 Å². The first-order chi connectivity index (χ1) is 13.9. The molecule has 0 saturated heterocycles. The molecule has 1 aliphatic heterocycles. The maximum Gasteiger partial charge on any atom is 0.267 e. The number of nitrogens with one attached hydrogen (secondary N) is 2. The fourth-order valence-corrected chi connectivity index (χ4v) is 3.92. The summed E-state index contributed by atoms with van der Waals surface area (Å²) in [5.74, 6) is -0.504. The van der Waals surface area contributed by atoms with Gasteiger partial charge in [0, 0.05) is 35.0 Å². The van der Waals surface area contributed by atoms with Crippen molar-refractivity contribution in [1.82, 2.24) is 4.98 Å². The smallest absolute Gasteiger partial charge is 0.267 e. The van der Waals surface area contributed by atoms with Crippen LogP contribution in [0, 0.1) is 5.82 Å². The van der Waals surface area contributed by atoms with Gasteiger partial charge in [-0.1, -0.05) is 11.6 Å². The Labute approximate surface area is 174 Å². The molecule has 2 aromatic carbocycles. The number of hydrogen-bond donors (Lipinski definition) is 2. The number of hydrogen-bond acceptors (Lipinski definition) is 5. The molecule has 2 N–H and O–H groups in total. The van der Waals surface area contributed by atoms with Crippen molar-refractivity contribution >= 4 is 45.6 Å². The number of rotatable bonds is 4. The number of aromatic nitrogens is 1. The lowest BCUT2D eigenvalue weighted by Crippen LogP contribution is -2.31. The average molecular weight is 432 g/mol. The van der Waals surface area contributed by atoms with Crippen molar-refractivity contribution < 1.29 is 18.7 Å². The maximum absolute atomic E-state index is 14.4. The van der Waals surface area contributed by atoms with Crippen molar-refractivity contribution in [3.05, 3.63) is 58.2 Å². The molecule has 1 aliphatic rings. The highest BCUT2D eigenvalue weighted by atomic mass is 35.5. The van der Waals surface area contributed by atoms with Gasteiger partial charge >= 0.3 is 0 Å². The van der Waals surface area contributed by atoms with Gasteiger partial charge in [-0.2, -0.15) is 0 Å². The minimum Gasteiger partial charge on any atom is -0.480 e. The first kappa shape index (κ1) is 19.4. The van der Waals surface area contributed by atoms with Crippen LogP contribution in [0.4, 0.5) is 15.2 Å². The summed E-state index contributed by atoms with van der Waals surface area (Å²) in [5, 5.41) is 7.81. The van der Waals surface area contributed by atoms with Crippen LogP contribution in [0.2, 0.25) is 5.02 Å². The monoisotopic (exact) mass is 431 g/mol. The van der Waals surface area contributed by atoms with E-state index in [1.807, 2.05) is 0 Å². The minimum absolute atomic E-state index is 0.273. The Hall–Kier alpha value is -2.97. The molecule has 0 saturated carbocycles. The van der Waals surface area contributed by atoms with Crippen LogP contribution in [0.3, 0.4) is 0 Å². The maximum atomic E-state index is 14.4. The number of fused-ring (bicyclic) bond motifs is 1. The minimum atomic E-state index is -0.676. The standard InChI is InChI=1S/C20H15ClFN3O3S/c1-10(26)23-13-3-4-14(15(22)8-13)16-9-29-20(24-16)25-19(27)18-7-11-6-12(21)2-5-17(11)28-18/h2-6,8-9,18H,7H2,1H3,(H,23,26)(H,24,25,27). The van der Waals surface area contributed by atoms with Gasteiger partial charge in [0.1, 0.15) is 11.6 Å². The molecule has 29 heavy (non-hydrogen) atoms. The molecule has 1 aromatic heterocycles. The Kier molecular flexibility index (Phi) is 5.21. The lowest BCUT2D eigenvalue weighted by atomic mass is 10.1. The number of thiazole rings is 1. The van der Waals surface area contributed by atoms with Crippen LogP contribution in [-0.2, 0) is 16.0 Å². The van der Waals surface area contributed by atoms with Gasteiger partial charge in [0.2, 0.25) is 5.91 Å². The zero-order valence-electron chi connectivity index (χ0n) is 15.2. The predicted molar refractivity (Wildman–Crippen MR) is 110 cm³/mol. The van der Waals surface area contributed by atoms with E-state index in [1.54, 1.807) is 29.6 Å². The molecule has 4 rings (SSSR count). The molecule has 9 heteroatoms. The number of benzene rings is 2. The van der Waals surface area contributed by atoms with Gasteiger partial charge in [-0.3, -0.25) is 14.9 Å². The van der Waals surface area contributed by atoms with E-state index in [0.717, 1.165) is 5.56 Å². The molecule has 0 fully saturated rings. The highest BCUT2D eigenvalue weighted by Gasteiger charge is 2.29. The second-order valence-corrected chi connectivity index (χ2v) is 7.76. The van der Waals surface area contributed by atoms with Crippen molar-refractivity contribution in [2.75, 3.05) is 10.6 Å². The second-order valence-electron chi connectivity index (χ2n) is 6.47. The van der Waals surface area contributed by atoms with Crippen LogP contribution in [0.15, 0.2) is 41.8 Å². The average Bonchev–Trinajstić information content (AvgIpc) is 3.27. The molecule has 0 bridgehead atoms. The zero-order valence-corrected chi connectivity index (χ0v) is 16.7. The van der Waals surface area contributed by atoms with E-state index < -0.39 is 11.9 Å². The van der Waals surface area contributed by atoms with Crippen molar-refractivity contribution in [3.63, 3.8) is 0 Å². The molecule has 0 aliphatic carbocycles. The van der Waals surface area contributed by atoms with Gasteiger partial charge in [-0.15, -0.1) is 11.3 Å². The Morgan fingerprint density at radius 1 is 1.24 bits per heavy atom. The first-order valence-corrected chi connectivity index (χ1v) is 9.94. The molecule has 2 amide bonds. The van der Waals surface area contributed by atoms with Crippen molar-refractivity contribution in [2.45, 2.75) is 19.4 Å². The SMILES string of the molecule is CC(=O)Nc1ccc(-c2csc(NC(=O)C3Cc4cc(Cl)ccc4O3)n2)c(F)c1. The normalized spacial score (nSPS) is 14.8. The fraction of sp³-hybridized carbons (Fsp3) is 0.150. The summed E-state index contributed by atoms with van der Waals surface area (Å²) < 4.78 is 20.0. The van der Waals surface area contributed by atoms with Crippen LogP contribution in [-0.4, -0.2) is 22.9 Å². The summed E-state index contributed by atoms with van der Waals surface area (Å²) in [6, 6.07) is 9.56. The van der Waals surface area contributed by atoms with Crippen LogP contribution in [0.1, 0.15) is 12.5 Å². The quantitative estimate of drug-likeness (QED) is 0.637. The van der Waals surface area contributed by atoms with Crippen molar-refractivity contribution in [2.24, 2.45) is 0 Å². The van der Waals surface area contributed by atoms with E-state index in [4.69, 9.17) is 16.3 Å². The van der Waals surface area contributed by atoms with E-state index >= 15 is 0 Å². The molecule has 3 aromatic rings. The number of ether oxygens (including phenoxy) is 1. The van der Waals surface area contributed by atoms with Gasteiger partial charge in [-0.25, -0.2) is 9.37 Å². The summed E-state index contributed by atoms with van der Waals surface area (Å²) in [4.78, 5) is 27.9. The van der Waals surface area contributed by atoms with E-state index in [2.05, 4.69) is 15.6 Å². The Morgan fingerprint density at radius 3 is 2.83 bits per heavy atom. The second kappa shape index (κ2) is 7.81. The largest absolute Gasteiger partial charge is 0.480 e. The van der Waals surface area contributed by atoms with Crippen LogP contribution >= 0.6 is 22.9 Å². The molecule has 2 heterocycles. The molecule has 1 unspecified atom stereocenters. The molecule has 0 spiro atoms. The van der Waals surface area contributed by atoms with E-state index in [1.165, 1.54) is 30.4 Å². The van der Waals surface area contributed by atoms with Gasteiger partial charge in [0.25, 0.3) is 5.91 Å². The third-order valence-corrected chi connectivity index (χ3v) is 5.28. The lowest BCUT2D eigenvalue weighted by molar-refractivity contribution is -0.122. The molecule has 6 nitrogen and oxygen atoms in total. The highest BCUT2D eigenvalue weighted by molar-refractivity contribution is 7.14. The Bertz CT molecular complexity index is 1120. The molecular formula is C20H15ClFN3O3S. The predicted octanol–water partition coefficient (Wildman–Crippen LogP) is 4.50. The van der Waals surface area contributed by atoms with Gasteiger partial charge in [0.05, 0.1) is 5.69 Å². The summed E-state index contributed by atoms with van der Waals surface area (Å²) in [7, 11) is 0. The highest BCUT2D eigenvalue weighted by Crippen LogP contribution is 2.32. The number of carbonyl (C=O) groups excluding carboxylic acids is 2. The van der Waals surface area contributed by atoms with Gasteiger partial charge in [0.15, 0.2) is 11.2 Å². The number of carbonyl (C=O) groups is 2. The van der Waals surface area contributed by atoms with E-state index in [-0.39, 0.29) is 17.4 Å². The number of anilines is 2. The summed E-state index contributed by atoms with van der Waals surface area (Å²) in [6.07, 6.45) is -0.261. The van der Waals surface area contributed by atoms with Gasteiger partial charge in [-0.05, 0) is 42.0 Å². The third-order valence-electron chi connectivity index (χ3n) is 4.29. The van der Waals surface area contributed by atoms with E-state index in [0.29, 0.717) is 33.7 Å². The summed E-state index contributed by atoms with van der Waals surface area (Å²) in [5.41, 5.74) is 1.90. The fourth-order valence-electron chi connectivity index (χ4n) is 3.01. The molecule has 0 radical (unpaired) electrons. The Balaban J connectivity index is 1.45. The lowest BCUT2D eigenvalue weighted by Gasteiger charge is -2.09. The third kappa shape index (κ3) is 4.23. The Morgan fingerprint density at radius 2 is 2.07 bits per heavy atom. The molecular weight excluding hydrogens is 417 g/mol. The van der Waals surface area contributed by atoms with Crippen LogP contribution in [0.25, 0.3) is 11.3 Å². The molecule has 148 valence electrons. The topological polar surface area (TPSA) is 80.3 Å². The van der Waals surface area contributed by atoms with Crippen LogP contribution < -0.4 is 15.4 Å². The number of halogens is 2. The van der Waals surface area contributed by atoms with Gasteiger partial charge < -0.3 is 10.1 Å². The van der Waals surface area contributed by atoms with Crippen molar-refractivity contribution in [1.29, 1.82) is 0 Å². The summed E-state index contributed by atoms with van der Waals surface area (Å²) in [6.45, 7) is 1.35. The number of nitrogens with zero attached hydrogens (tertiary/aromatic N) is 1. The molecule has 1 atom stereocenters. The first-order valence-electron chi connectivity index (χ1n) is 8.68. The summed E-state index contributed by atoms with van der Waals surface area (Å²) >= 11 is 7.16.